The van der Waals surface area contributed by atoms with E-state index in [9.17, 15) is 0 Å². The summed E-state index contributed by atoms with van der Waals surface area (Å²) in [6.45, 7) is 55.8. The first-order chi connectivity index (χ1) is 20.9. The molecule has 0 N–H and O–H groups in total. The molecule has 0 spiro atoms. The Morgan fingerprint density at radius 1 is 0.413 bits per heavy atom. The molecule has 0 bridgehead atoms. The van der Waals surface area contributed by atoms with E-state index in [1.807, 2.05) is 0 Å². The molecule has 0 amide bonds. The second-order valence-corrected chi connectivity index (χ2v) is 20.0. The van der Waals surface area contributed by atoms with Crippen molar-refractivity contribution in [3.63, 3.8) is 0 Å². The van der Waals surface area contributed by atoms with Gasteiger partial charge in [0.25, 0.3) is 0 Å². The van der Waals surface area contributed by atoms with Crippen molar-refractivity contribution in [3.8, 4) is 0 Å². The first-order valence-electron chi connectivity index (χ1n) is 20.9. The molecule has 0 heteroatoms. The van der Waals surface area contributed by atoms with Crippen molar-refractivity contribution in [1.29, 1.82) is 0 Å². The average molecular weight is 647 g/mol. The number of hydrogen-bond donors (Lipinski definition) is 0. The first kappa shape index (κ1) is 46.0. The van der Waals surface area contributed by atoms with Crippen LogP contribution in [0.25, 0.3) is 0 Å². The minimum atomic E-state index is 0.319. The van der Waals surface area contributed by atoms with Crippen LogP contribution in [-0.4, -0.2) is 0 Å². The molecule has 0 aliphatic rings. The van der Waals surface area contributed by atoms with Gasteiger partial charge in [-0.05, 0) is 118 Å². The van der Waals surface area contributed by atoms with Gasteiger partial charge in [-0.3, -0.25) is 0 Å². The van der Waals surface area contributed by atoms with E-state index < -0.39 is 0 Å². The predicted molar refractivity (Wildman–Crippen MR) is 213 cm³/mol. The highest BCUT2D eigenvalue weighted by atomic mass is 14.5. The van der Waals surface area contributed by atoms with Gasteiger partial charge in [-0.2, -0.15) is 0 Å². The highest BCUT2D eigenvalue weighted by Crippen LogP contribution is 2.50. The van der Waals surface area contributed by atoms with Crippen molar-refractivity contribution in [2.24, 2.45) is 106 Å². The lowest BCUT2D eigenvalue weighted by atomic mass is 9.57. The predicted octanol–water partition coefficient (Wildman–Crippen LogP) is 15.6. The summed E-state index contributed by atoms with van der Waals surface area (Å²) in [6, 6.07) is 0. The fraction of sp³-hybridized carbons (Fsp3) is 1.00. The van der Waals surface area contributed by atoms with Crippen LogP contribution in [0, 0.1) is 106 Å². The summed E-state index contributed by atoms with van der Waals surface area (Å²) >= 11 is 0. The van der Waals surface area contributed by atoms with Crippen LogP contribution >= 0.6 is 0 Å². The fourth-order valence-electron chi connectivity index (χ4n) is 10.3. The van der Waals surface area contributed by atoms with Gasteiger partial charge >= 0.3 is 0 Å². The molecule has 0 aromatic heterocycles. The minimum absolute atomic E-state index is 0.319. The van der Waals surface area contributed by atoms with Crippen molar-refractivity contribution in [3.05, 3.63) is 0 Å². The maximum atomic E-state index is 2.66. The van der Waals surface area contributed by atoms with Crippen molar-refractivity contribution in [1.82, 2.24) is 0 Å². The lowest BCUT2D eigenvalue weighted by molar-refractivity contribution is -0.000729. The van der Waals surface area contributed by atoms with E-state index in [1.54, 1.807) is 0 Å². The fourth-order valence-corrected chi connectivity index (χ4v) is 10.3. The molecule has 0 radical (unpaired) electrons. The molecule has 0 aromatic carbocycles. The Morgan fingerprint density at radius 2 is 0.870 bits per heavy atom. The van der Waals surface area contributed by atoms with Gasteiger partial charge in [-0.15, -0.1) is 0 Å². The van der Waals surface area contributed by atoms with E-state index in [4.69, 9.17) is 0 Å². The van der Waals surface area contributed by atoms with E-state index in [0.29, 0.717) is 28.6 Å². The Balaban J connectivity index is 5.87. The van der Waals surface area contributed by atoms with E-state index in [0.717, 1.165) is 76.9 Å². The lowest BCUT2D eigenvalue weighted by Gasteiger charge is -2.49. The van der Waals surface area contributed by atoms with E-state index in [1.165, 1.54) is 38.5 Å². The Kier molecular flexibility index (Phi) is 20.0. The van der Waals surface area contributed by atoms with Crippen LogP contribution in [0.15, 0.2) is 0 Å². The normalized spacial score (nSPS) is 23.9. The molecule has 16 atom stereocenters. The standard InChI is InChI=1S/C46H94/c1-23-26-43(25-3)44(38(13)35(10)33(8)30(5)24-2)39(14)36(11)37(12)42(17)46(21,22)40(15)32(7)28-29(4)27-31(6)34(9)41(16)45(18,19)20/h29-44H,23-28H2,1-22H3. The van der Waals surface area contributed by atoms with Crippen LogP contribution in [0.4, 0.5) is 0 Å². The van der Waals surface area contributed by atoms with Crippen molar-refractivity contribution >= 4 is 0 Å². The molecule has 0 aliphatic heterocycles. The maximum absolute atomic E-state index is 2.66. The van der Waals surface area contributed by atoms with Gasteiger partial charge in [0.15, 0.2) is 0 Å². The monoisotopic (exact) mass is 647 g/mol. The quantitative estimate of drug-likeness (QED) is 0.110. The van der Waals surface area contributed by atoms with Crippen LogP contribution in [0.2, 0.25) is 0 Å². The summed E-state index contributed by atoms with van der Waals surface area (Å²) in [6.07, 6.45) is 8.07. The molecule has 0 nitrogen and oxygen atoms in total. The van der Waals surface area contributed by atoms with E-state index >= 15 is 0 Å². The Morgan fingerprint density at radius 3 is 1.28 bits per heavy atom. The van der Waals surface area contributed by atoms with E-state index in [-0.39, 0.29) is 0 Å². The third-order valence-corrected chi connectivity index (χ3v) is 16.4. The second-order valence-electron chi connectivity index (χ2n) is 20.0. The van der Waals surface area contributed by atoms with Crippen molar-refractivity contribution in [2.75, 3.05) is 0 Å². The minimum Gasteiger partial charge on any atom is -0.0654 e. The number of hydrogen-bond acceptors (Lipinski definition) is 0. The smallest absolute Gasteiger partial charge is 0.0298 e. The molecule has 278 valence electrons. The topological polar surface area (TPSA) is 0 Å². The molecule has 46 heavy (non-hydrogen) atoms. The van der Waals surface area contributed by atoms with Gasteiger partial charge in [-0.1, -0.05) is 178 Å². The summed E-state index contributed by atoms with van der Waals surface area (Å²) in [4.78, 5) is 0. The Bertz CT molecular complexity index is 784. The third-order valence-electron chi connectivity index (χ3n) is 16.4. The van der Waals surface area contributed by atoms with Gasteiger partial charge < -0.3 is 0 Å². The van der Waals surface area contributed by atoms with Gasteiger partial charge in [0.1, 0.15) is 0 Å². The lowest BCUT2D eigenvalue weighted by Crippen LogP contribution is -2.42. The van der Waals surface area contributed by atoms with Gasteiger partial charge in [0.2, 0.25) is 0 Å². The molecular weight excluding hydrogens is 553 g/mol. The highest BCUT2D eigenvalue weighted by Gasteiger charge is 2.43. The van der Waals surface area contributed by atoms with Crippen LogP contribution in [0.5, 0.6) is 0 Å². The Labute approximate surface area is 295 Å². The second kappa shape index (κ2) is 20.0. The molecule has 0 aliphatic carbocycles. The first-order valence-corrected chi connectivity index (χ1v) is 20.9. The summed E-state index contributed by atoms with van der Waals surface area (Å²) in [7, 11) is 0. The third kappa shape index (κ3) is 12.4. The molecule has 0 fully saturated rings. The Hall–Kier alpha value is 0. The van der Waals surface area contributed by atoms with Crippen molar-refractivity contribution in [2.45, 2.75) is 191 Å². The largest absolute Gasteiger partial charge is 0.0654 e. The zero-order valence-electron chi connectivity index (χ0n) is 36.5. The van der Waals surface area contributed by atoms with Crippen LogP contribution in [-0.2, 0) is 0 Å². The van der Waals surface area contributed by atoms with Crippen molar-refractivity contribution < 1.29 is 0 Å². The summed E-state index contributed by atoms with van der Waals surface area (Å²) in [5.41, 5.74) is 0.708. The maximum Gasteiger partial charge on any atom is -0.0298 e. The zero-order chi connectivity index (χ0) is 36.5. The molecule has 0 aromatic rings. The highest BCUT2D eigenvalue weighted by molar-refractivity contribution is 4.92. The van der Waals surface area contributed by atoms with Crippen LogP contribution in [0.3, 0.4) is 0 Å². The summed E-state index contributed by atoms with van der Waals surface area (Å²) in [5.74, 6) is 12.2. The number of rotatable bonds is 22. The van der Waals surface area contributed by atoms with Crippen LogP contribution < -0.4 is 0 Å². The molecular formula is C46H94. The molecule has 0 saturated carbocycles. The summed E-state index contributed by atoms with van der Waals surface area (Å²) in [5, 5.41) is 0. The SMILES string of the molecule is CCCC(CC)C(C(C)C(C)C(C)C(C)CC)C(C)C(C)C(C)C(C)C(C)(C)C(C)C(C)CC(C)CC(C)C(C)C(C)C(C)(C)C. The zero-order valence-corrected chi connectivity index (χ0v) is 36.5. The van der Waals surface area contributed by atoms with Gasteiger partial charge in [-0.25, -0.2) is 0 Å². The average Bonchev–Trinajstić information content (AvgIpc) is 2.99. The molecule has 16 unspecified atom stereocenters. The summed E-state index contributed by atoms with van der Waals surface area (Å²) < 4.78 is 0. The van der Waals surface area contributed by atoms with Gasteiger partial charge in [0, 0.05) is 0 Å². The van der Waals surface area contributed by atoms with Crippen LogP contribution in [0.1, 0.15) is 191 Å². The van der Waals surface area contributed by atoms with E-state index in [2.05, 4.69) is 152 Å². The molecule has 0 rings (SSSR count). The molecule has 0 saturated heterocycles. The molecule has 0 heterocycles. The van der Waals surface area contributed by atoms with Gasteiger partial charge in [0.05, 0.1) is 0 Å².